The Morgan fingerprint density at radius 3 is 2.80 bits per heavy atom. The SMILES string of the molecule is CC(O)C1C(=O)N2C(C(=O)[O-])=C(SCCc3ccncn3)C(C)C12.[Na+]. The molecule has 25 heavy (non-hydrogen) atoms. The maximum Gasteiger partial charge on any atom is 1.00 e. The van der Waals surface area contributed by atoms with E-state index in [2.05, 4.69) is 9.97 Å². The summed E-state index contributed by atoms with van der Waals surface area (Å²) >= 11 is 1.41. The molecule has 7 nitrogen and oxygen atoms in total. The number of aromatic nitrogens is 2. The number of aliphatic hydroxyl groups excluding tert-OH is 1. The molecule has 2 aliphatic heterocycles. The fourth-order valence-corrected chi connectivity index (χ4v) is 4.69. The smallest absolute Gasteiger partial charge is 0.543 e. The van der Waals surface area contributed by atoms with Gasteiger partial charge in [-0.25, -0.2) is 9.97 Å². The first-order valence-corrected chi connectivity index (χ1v) is 8.76. The molecule has 1 saturated heterocycles. The van der Waals surface area contributed by atoms with Crippen LogP contribution in [-0.2, 0) is 16.0 Å². The van der Waals surface area contributed by atoms with Crippen LogP contribution in [-0.4, -0.2) is 49.7 Å². The number of aryl methyl sites for hydroxylation is 1. The second kappa shape index (κ2) is 8.18. The fraction of sp³-hybridized carbons (Fsp3) is 0.500. The number of carboxylic acid groups (broad SMARTS) is 1. The normalized spacial score (nSPS) is 26.0. The van der Waals surface area contributed by atoms with E-state index >= 15 is 0 Å². The van der Waals surface area contributed by atoms with Crippen molar-refractivity contribution in [2.45, 2.75) is 32.4 Å². The van der Waals surface area contributed by atoms with Gasteiger partial charge in [0.1, 0.15) is 6.33 Å². The molecule has 128 valence electrons. The Labute approximate surface area is 172 Å². The number of carboxylic acids is 1. The van der Waals surface area contributed by atoms with Gasteiger partial charge in [0.2, 0.25) is 5.91 Å². The van der Waals surface area contributed by atoms with E-state index in [0.29, 0.717) is 17.1 Å². The minimum atomic E-state index is -1.34. The summed E-state index contributed by atoms with van der Waals surface area (Å²) in [6.45, 7) is 3.45. The summed E-state index contributed by atoms with van der Waals surface area (Å²) in [4.78, 5) is 33.7. The van der Waals surface area contributed by atoms with Gasteiger partial charge in [0.15, 0.2) is 0 Å². The first kappa shape index (κ1) is 20.4. The van der Waals surface area contributed by atoms with Crippen LogP contribution in [0.25, 0.3) is 0 Å². The Kier molecular flexibility index (Phi) is 6.67. The van der Waals surface area contributed by atoms with Crippen LogP contribution in [0.15, 0.2) is 29.2 Å². The van der Waals surface area contributed by atoms with Crippen molar-refractivity contribution < 1.29 is 49.4 Å². The van der Waals surface area contributed by atoms with Gasteiger partial charge in [0.05, 0.1) is 29.7 Å². The quantitative estimate of drug-likeness (QED) is 0.410. The van der Waals surface area contributed by atoms with Crippen molar-refractivity contribution in [3.8, 4) is 0 Å². The molecule has 3 rings (SSSR count). The van der Waals surface area contributed by atoms with Gasteiger partial charge >= 0.3 is 29.6 Å². The third-order valence-electron chi connectivity index (χ3n) is 4.56. The molecule has 1 fully saturated rings. The van der Waals surface area contributed by atoms with Crippen molar-refractivity contribution in [2.24, 2.45) is 11.8 Å². The van der Waals surface area contributed by atoms with Crippen molar-refractivity contribution in [1.82, 2.24) is 14.9 Å². The zero-order chi connectivity index (χ0) is 17.4. The summed E-state index contributed by atoms with van der Waals surface area (Å²) in [5, 5.41) is 21.3. The summed E-state index contributed by atoms with van der Waals surface area (Å²) in [6.07, 6.45) is 3.01. The van der Waals surface area contributed by atoms with Gasteiger partial charge in [-0.05, 0) is 19.4 Å². The van der Waals surface area contributed by atoms with Crippen LogP contribution in [0.3, 0.4) is 0 Å². The number of hydrogen-bond acceptors (Lipinski definition) is 7. The molecule has 3 heterocycles. The molecule has 0 aliphatic carbocycles. The molecule has 0 radical (unpaired) electrons. The molecular formula is C16H18N3NaO4S. The number of carbonyl (C=O) groups is 2. The second-order valence-electron chi connectivity index (χ2n) is 6.05. The molecular weight excluding hydrogens is 353 g/mol. The van der Waals surface area contributed by atoms with Crippen LogP contribution < -0.4 is 34.7 Å². The predicted octanol–water partition coefficient (Wildman–Crippen LogP) is -3.42. The molecule has 0 bridgehead atoms. The van der Waals surface area contributed by atoms with Crippen molar-refractivity contribution in [3.05, 3.63) is 34.9 Å². The van der Waals surface area contributed by atoms with Gasteiger partial charge in [-0.15, -0.1) is 11.8 Å². The molecule has 4 atom stereocenters. The molecule has 9 heteroatoms. The average molecular weight is 371 g/mol. The third-order valence-corrected chi connectivity index (χ3v) is 5.85. The van der Waals surface area contributed by atoms with Gasteiger partial charge < -0.3 is 19.9 Å². The fourth-order valence-electron chi connectivity index (χ4n) is 3.44. The molecule has 1 amide bonds. The van der Waals surface area contributed by atoms with Crippen LogP contribution in [0, 0.1) is 11.8 Å². The number of aliphatic hydroxyl groups is 1. The maximum absolute atomic E-state index is 12.2. The van der Waals surface area contributed by atoms with Crippen LogP contribution in [0.1, 0.15) is 19.5 Å². The van der Waals surface area contributed by atoms with Gasteiger partial charge in [-0.1, -0.05) is 6.92 Å². The summed E-state index contributed by atoms with van der Waals surface area (Å²) < 4.78 is 0. The van der Waals surface area contributed by atoms with E-state index in [9.17, 15) is 19.8 Å². The second-order valence-corrected chi connectivity index (χ2v) is 7.19. The minimum absolute atomic E-state index is 0. The van der Waals surface area contributed by atoms with E-state index < -0.39 is 18.0 Å². The molecule has 1 aromatic rings. The van der Waals surface area contributed by atoms with Crippen molar-refractivity contribution in [1.29, 1.82) is 0 Å². The topological polar surface area (TPSA) is 106 Å². The molecule has 1 aromatic heterocycles. The Hall–Kier alpha value is -0.930. The van der Waals surface area contributed by atoms with Gasteiger partial charge in [-0.3, -0.25) is 4.79 Å². The largest absolute Gasteiger partial charge is 1.00 e. The van der Waals surface area contributed by atoms with E-state index in [1.165, 1.54) is 23.0 Å². The van der Waals surface area contributed by atoms with E-state index in [-0.39, 0.29) is 53.1 Å². The number of carbonyl (C=O) groups excluding carboxylic acids is 2. The number of aliphatic carboxylic acids is 1. The third kappa shape index (κ3) is 3.64. The maximum atomic E-state index is 12.2. The van der Waals surface area contributed by atoms with Crippen LogP contribution in [0.2, 0.25) is 0 Å². The van der Waals surface area contributed by atoms with E-state index in [1.54, 1.807) is 13.1 Å². The summed E-state index contributed by atoms with van der Waals surface area (Å²) in [6, 6.07) is 1.51. The Balaban J connectivity index is 0.00000225. The summed E-state index contributed by atoms with van der Waals surface area (Å²) in [5.74, 6) is -1.72. The molecule has 0 saturated carbocycles. The molecule has 0 aromatic carbocycles. The Morgan fingerprint density at radius 1 is 1.52 bits per heavy atom. The van der Waals surface area contributed by atoms with E-state index in [0.717, 1.165) is 5.69 Å². The zero-order valence-electron chi connectivity index (χ0n) is 14.4. The number of hydrogen-bond donors (Lipinski definition) is 1. The van der Waals surface area contributed by atoms with Crippen LogP contribution >= 0.6 is 11.8 Å². The van der Waals surface area contributed by atoms with E-state index in [1.807, 2.05) is 13.0 Å². The number of amides is 1. The zero-order valence-corrected chi connectivity index (χ0v) is 17.2. The monoisotopic (exact) mass is 371 g/mol. The van der Waals surface area contributed by atoms with Crippen molar-refractivity contribution in [2.75, 3.05) is 5.75 Å². The average Bonchev–Trinajstić information content (AvgIpc) is 2.78. The number of fused-ring (bicyclic) bond motifs is 1. The van der Waals surface area contributed by atoms with Gasteiger partial charge in [0.25, 0.3) is 0 Å². The molecule has 1 N–H and O–H groups in total. The first-order chi connectivity index (χ1) is 11.4. The number of rotatable bonds is 6. The van der Waals surface area contributed by atoms with Crippen LogP contribution in [0.4, 0.5) is 0 Å². The standard InChI is InChI=1S/C16H19N3O4S.Na/c1-8-12-11(9(2)20)15(21)19(12)13(16(22)23)14(8)24-6-4-10-3-5-17-7-18-10;/h3,5,7-9,11-12,20H,4,6H2,1-2H3,(H,22,23);/q;+1/p-1. The Bertz CT molecular complexity index is 698. The van der Waals surface area contributed by atoms with Crippen LogP contribution in [0.5, 0.6) is 0 Å². The van der Waals surface area contributed by atoms with Crippen molar-refractivity contribution >= 4 is 23.6 Å². The predicted molar refractivity (Wildman–Crippen MR) is 85.2 cm³/mol. The summed E-state index contributed by atoms with van der Waals surface area (Å²) in [7, 11) is 0. The Morgan fingerprint density at radius 2 is 2.24 bits per heavy atom. The molecule has 0 spiro atoms. The molecule has 4 unspecified atom stereocenters. The van der Waals surface area contributed by atoms with Crippen molar-refractivity contribution in [3.63, 3.8) is 0 Å². The molecule has 2 aliphatic rings. The van der Waals surface area contributed by atoms with Gasteiger partial charge in [0, 0.05) is 28.5 Å². The first-order valence-electron chi connectivity index (χ1n) is 7.77. The van der Waals surface area contributed by atoms with E-state index in [4.69, 9.17) is 0 Å². The number of thioether (sulfide) groups is 1. The number of nitrogens with zero attached hydrogens (tertiary/aromatic N) is 3. The number of β-lactam (4-membered cyclic amide) rings is 1. The van der Waals surface area contributed by atoms with Gasteiger partial charge in [-0.2, -0.15) is 0 Å². The summed E-state index contributed by atoms with van der Waals surface area (Å²) in [5.41, 5.74) is 0.835. The minimum Gasteiger partial charge on any atom is -0.543 e.